The Labute approximate surface area is 151 Å². The minimum absolute atomic E-state index is 0.0275. The van der Waals surface area contributed by atoms with Gasteiger partial charge in [-0.15, -0.1) is 0 Å². The first-order chi connectivity index (χ1) is 12.1. The van der Waals surface area contributed by atoms with Crippen molar-refractivity contribution in [3.05, 3.63) is 40.5 Å². The SMILES string of the molecule is N#Cc1cnn(C(=O)COc2ccc(Cl)cc2C2CCCCC2)c1N. The first-order valence-corrected chi connectivity index (χ1v) is 8.67. The molecular weight excluding hydrogens is 340 g/mol. The highest BCUT2D eigenvalue weighted by molar-refractivity contribution is 6.30. The Morgan fingerprint density at radius 2 is 2.16 bits per heavy atom. The van der Waals surface area contributed by atoms with Crippen molar-refractivity contribution in [3.63, 3.8) is 0 Å². The lowest BCUT2D eigenvalue weighted by atomic mass is 9.84. The van der Waals surface area contributed by atoms with Gasteiger partial charge < -0.3 is 10.5 Å². The maximum atomic E-state index is 12.3. The van der Waals surface area contributed by atoms with Crippen LogP contribution < -0.4 is 10.5 Å². The minimum Gasteiger partial charge on any atom is -0.483 e. The number of nitrogens with zero attached hydrogens (tertiary/aromatic N) is 3. The van der Waals surface area contributed by atoms with Crippen LogP contribution in [0.1, 0.15) is 53.9 Å². The number of halogens is 1. The van der Waals surface area contributed by atoms with Gasteiger partial charge in [0.1, 0.15) is 23.2 Å². The number of carbonyl (C=O) groups excluding carboxylic acids is 1. The molecule has 1 aromatic heterocycles. The summed E-state index contributed by atoms with van der Waals surface area (Å²) in [6.45, 7) is -0.210. The largest absolute Gasteiger partial charge is 0.483 e. The minimum atomic E-state index is -0.427. The lowest BCUT2D eigenvalue weighted by molar-refractivity contribution is 0.0823. The van der Waals surface area contributed by atoms with Gasteiger partial charge >= 0.3 is 0 Å². The molecule has 130 valence electrons. The number of anilines is 1. The molecule has 0 unspecified atom stereocenters. The van der Waals surface area contributed by atoms with Gasteiger partial charge in [0.05, 0.1) is 6.20 Å². The fourth-order valence-corrected chi connectivity index (χ4v) is 3.41. The quantitative estimate of drug-likeness (QED) is 0.897. The van der Waals surface area contributed by atoms with Gasteiger partial charge in [0.2, 0.25) is 0 Å². The Morgan fingerprint density at radius 3 is 2.84 bits per heavy atom. The van der Waals surface area contributed by atoms with Gasteiger partial charge in [0.25, 0.3) is 5.91 Å². The molecule has 1 heterocycles. The summed E-state index contributed by atoms with van der Waals surface area (Å²) in [7, 11) is 0. The normalized spacial score (nSPS) is 14.9. The van der Waals surface area contributed by atoms with E-state index in [1.807, 2.05) is 12.1 Å². The van der Waals surface area contributed by atoms with Crippen molar-refractivity contribution >= 4 is 23.3 Å². The van der Waals surface area contributed by atoms with Crippen LogP contribution in [0.4, 0.5) is 5.82 Å². The fourth-order valence-electron chi connectivity index (χ4n) is 3.23. The fraction of sp³-hybridized carbons (Fsp3) is 0.389. The van der Waals surface area contributed by atoms with Gasteiger partial charge in [0, 0.05) is 5.02 Å². The van der Waals surface area contributed by atoms with Crippen molar-refractivity contribution in [2.45, 2.75) is 38.0 Å². The van der Waals surface area contributed by atoms with E-state index >= 15 is 0 Å². The standard InChI is InChI=1S/C18H19ClN4O2/c19-14-6-7-16(15(8-14)12-4-2-1-3-5-12)25-11-17(24)23-18(21)13(9-20)10-22-23/h6-8,10,12H,1-5,11,21H2. The Kier molecular flexibility index (Phi) is 5.25. The van der Waals surface area contributed by atoms with Crippen LogP contribution in [0.3, 0.4) is 0 Å². The number of carbonyl (C=O) groups is 1. The third-order valence-electron chi connectivity index (χ3n) is 4.53. The highest BCUT2D eigenvalue weighted by Crippen LogP contribution is 2.38. The average molecular weight is 359 g/mol. The maximum Gasteiger partial charge on any atom is 0.286 e. The molecular formula is C18H19ClN4O2. The molecule has 1 aliphatic carbocycles. The van der Waals surface area contributed by atoms with Crippen molar-refractivity contribution in [1.29, 1.82) is 5.26 Å². The zero-order valence-corrected chi connectivity index (χ0v) is 14.5. The molecule has 0 aliphatic heterocycles. The number of aromatic nitrogens is 2. The average Bonchev–Trinajstić information content (AvgIpc) is 3.01. The zero-order chi connectivity index (χ0) is 17.8. The number of nitrogen functional groups attached to an aromatic ring is 1. The van der Waals surface area contributed by atoms with Gasteiger partial charge in [0.15, 0.2) is 6.61 Å². The monoisotopic (exact) mass is 358 g/mol. The van der Waals surface area contributed by atoms with Crippen LogP contribution >= 0.6 is 11.6 Å². The van der Waals surface area contributed by atoms with E-state index in [0.717, 1.165) is 23.1 Å². The van der Waals surface area contributed by atoms with E-state index in [9.17, 15) is 4.79 Å². The van der Waals surface area contributed by atoms with Gasteiger partial charge in [-0.1, -0.05) is 30.9 Å². The molecule has 0 spiro atoms. The molecule has 7 heteroatoms. The highest BCUT2D eigenvalue weighted by atomic mass is 35.5. The number of ether oxygens (including phenoxy) is 1. The Bertz CT molecular complexity index is 819. The molecule has 0 amide bonds. The second-order valence-electron chi connectivity index (χ2n) is 6.17. The summed E-state index contributed by atoms with van der Waals surface area (Å²) >= 11 is 6.15. The van der Waals surface area contributed by atoms with E-state index in [1.165, 1.54) is 25.5 Å². The summed E-state index contributed by atoms with van der Waals surface area (Å²) in [6.07, 6.45) is 7.10. The van der Waals surface area contributed by atoms with Crippen LogP contribution in [0.2, 0.25) is 5.02 Å². The molecule has 1 fully saturated rings. The molecule has 0 atom stereocenters. The van der Waals surface area contributed by atoms with E-state index in [1.54, 1.807) is 12.1 Å². The molecule has 2 aromatic rings. The first kappa shape index (κ1) is 17.3. The topological polar surface area (TPSA) is 93.9 Å². The molecule has 1 saturated carbocycles. The molecule has 0 saturated heterocycles. The van der Waals surface area contributed by atoms with Gasteiger partial charge in [-0.2, -0.15) is 15.0 Å². The van der Waals surface area contributed by atoms with Crippen molar-refractivity contribution in [1.82, 2.24) is 9.78 Å². The number of benzene rings is 1. The number of rotatable bonds is 4. The molecule has 1 aliphatic rings. The van der Waals surface area contributed by atoms with E-state index in [4.69, 9.17) is 27.3 Å². The smallest absolute Gasteiger partial charge is 0.286 e. The summed E-state index contributed by atoms with van der Waals surface area (Å²) in [4.78, 5) is 12.3. The van der Waals surface area contributed by atoms with Gasteiger partial charge in [-0.3, -0.25) is 4.79 Å². The van der Waals surface area contributed by atoms with E-state index < -0.39 is 5.91 Å². The van der Waals surface area contributed by atoms with Crippen LogP contribution in [-0.2, 0) is 0 Å². The summed E-state index contributed by atoms with van der Waals surface area (Å²) in [5.41, 5.74) is 6.95. The molecule has 6 nitrogen and oxygen atoms in total. The second kappa shape index (κ2) is 7.58. The summed E-state index contributed by atoms with van der Waals surface area (Å²) in [5.74, 6) is 0.664. The Morgan fingerprint density at radius 1 is 1.40 bits per heavy atom. The molecule has 0 bridgehead atoms. The zero-order valence-electron chi connectivity index (χ0n) is 13.7. The van der Waals surface area contributed by atoms with Crippen LogP contribution in [0, 0.1) is 11.3 Å². The Hall–Kier alpha value is -2.52. The highest BCUT2D eigenvalue weighted by Gasteiger charge is 2.21. The van der Waals surface area contributed by atoms with E-state index in [2.05, 4.69) is 5.10 Å². The molecule has 0 radical (unpaired) electrons. The lowest BCUT2D eigenvalue weighted by Crippen LogP contribution is -2.22. The van der Waals surface area contributed by atoms with Gasteiger partial charge in [-0.05, 0) is 42.5 Å². The van der Waals surface area contributed by atoms with Crippen molar-refractivity contribution in [3.8, 4) is 11.8 Å². The number of hydrogen-bond donors (Lipinski definition) is 1. The first-order valence-electron chi connectivity index (χ1n) is 8.29. The summed E-state index contributed by atoms with van der Waals surface area (Å²) < 4.78 is 6.75. The van der Waals surface area contributed by atoms with E-state index in [-0.39, 0.29) is 18.0 Å². The van der Waals surface area contributed by atoms with E-state index in [0.29, 0.717) is 16.7 Å². The predicted molar refractivity (Wildman–Crippen MR) is 94.8 cm³/mol. The third kappa shape index (κ3) is 3.77. The summed E-state index contributed by atoms with van der Waals surface area (Å²) in [5, 5.41) is 13.4. The molecule has 1 aromatic carbocycles. The summed E-state index contributed by atoms with van der Waals surface area (Å²) in [6, 6.07) is 7.36. The second-order valence-corrected chi connectivity index (χ2v) is 6.60. The van der Waals surface area contributed by atoms with Crippen molar-refractivity contribution < 1.29 is 9.53 Å². The van der Waals surface area contributed by atoms with Crippen LogP contribution in [0.25, 0.3) is 0 Å². The van der Waals surface area contributed by atoms with Crippen molar-refractivity contribution in [2.24, 2.45) is 0 Å². The van der Waals surface area contributed by atoms with Crippen LogP contribution in [0.5, 0.6) is 5.75 Å². The number of nitriles is 1. The molecule has 25 heavy (non-hydrogen) atoms. The molecule has 2 N–H and O–H groups in total. The Balaban J connectivity index is 1.75. The third-order valence-corrected chi connectivity index (χ3v) is 4.77. The number of nitrogens with two attached hydrogens (primary N) is 1. The van der Waals surface area contributed by atoms with Crippen LogP contribution in [-0.4, -0.2) is 22.3 Å². The predicted octanol–water partition coefficient (Wildman–Crippen LogP) is 3.76. The van der Waals surface area contributed by atoms with Crippen LogP contribution in [0.15, 0.2) is 24.4 Å². The van der Waals surface area contributed by atoms with Gasteiger partial charge in [-0.25, -0.2) is 0 Å². The van der Waals surface area contributed by atoms with Crippen molar-refractivity contribution in [2.75, 3.05) is 12.3 Å². The maximum absolute atomic E-state index is 12.3. The lowest BCUT2D eigenvalue weighted by Gasteiger charge is -2.24. The number of hydrogen-bond acceptors (Lipinski definition) is 5. The molecule has 3 rings (SSSR count).